The first-order valence-electron chi connectivity index (χ1n) is 8.14. The Morgan fingerprint density at radius 1 is 1.20 bits per heavy atom. The standard InChI is InChI=1S/C17H22Cl2N6/c1-10(2)14(8-24(3)4)21-16-7-17(23-22-16)25-9-20-13-5-11(18)12(19)6-15(13)25/h5-7,9-10,14H,8H2,1-4H3,(H2,21,22,23)/t14-/m1/s1. The third-order valence-corrected chi connectivity index (χ3v) is 4.84. The van der Waals surface area contributed by atoms with Crippen LogP contribution < -0.4 is 5.32 Å². The highest BCUT2D eigenvalue weighted by atomic mass is 35.5. The summed E-state index contributed by atoms with van der Waals surface area (Å²) in [7, 11) is 4.14. The minimum Gasteiger partial charge on any atom is -0.364 e. The summed E-state index contributed by atoms with van der Waals surface area (Å²) in [5.41, 5.74) is 1.66. The van der Waals surface area contributed by atoms with E-state index in [2.05, 4.69) is 53.3 Å². The van der Waals surface area contributed by atoms with Crippen LogP contribution in [0.3, 0.4) is 0 Å². The molecule has 2 heterocycles. The molecule has 1 atom stereocenters. The minimum absolute atomic E-state index is 0.305. The molecule has 6 nitrogen and oxygen atoms in total. The number of H-pyrrole nitrogens is 1. The number of imidazole rings is 1. The number of aromatic amines is 1. The van der Waals surface area contributed by atoms with Gasteiger partial charge in [0.2, 0.25) is 0 Å². The van der Waals surface area contributed by atoms with E-state index in [1.54, 1.807) is 12.4 Å². The van der Waals surface area contributed by atoms with Crippen LogP contribution in [0.1, 0.15) is 13.8 Å². The molecule has 8 heteroatoms. The number of hydrogen-bond donors (Lipinski definition) is 2. The van der Waals surface area contributed by atoms with Gasteiger partial charge in [-0.25, -0.2) is 4.98 Å². The first kappa shape index (κ1) is 18.0. The number of hydrogen-bond acceptors (Lipinski definition) is 4. The molecule has 2 aromatic heterocycles. The summed E-state index contributed by atoms with van der Waals surface area (Å²) in [6.07, 6.45) is 1.73. The molecule has 25 heavy (non-hydrogen) atoms. The van der Waals surface area contributed by atoms with E-state index in [1.165, 1.54) is 0 Å². The normalized spacial score (nSPS) is 13.1. The van der Waals surface area contributed by atoms with Crippen molar-refractivity contribution >= 4 is 40.1 Å². The van der Waals surface area contributed by atoms with E-state index in [-0.39, 0.29) is 0 Å². The maximum absolute atomic E-state index is 6.15. The van der Waals surface area contributed by atoms with Gasteiger partial charge in [0.25, 0.3) is 0 Å². The lowest BCUT2D eigenvalue weighted by Crippen LogP contribution is -2.36. The molecule has 0 saturated heterocycles. The second-order valence-corrected chi connectivity index (χ2v) is 7.58. The van der Waals surface area contributed by atoms with Crippen LogP contribution >= 0.6 is 23.2 Å². The average Bonchev–Trinajstić information content (AvgIpc) is 3.13. The molecule has 2 N–H and O–H groups in total. The van der Waals surface area contributed by atoms with Gasteiger partial charge in [-0.15, -0.1) is 0 Å². The van der Waals surface area contributed by atoms with Gasteiger partial charge in [-0.3, -0.25) is 9.67 Å². The lowest BCUT2D eigenvalue weighted by atomic mass is 10.0. The highest BCUT2D eigenvalue weighted by Crippen LogP contribution is 2.28. The van der Waals surface area contributed by atoms with E-state index in [0.717, 1.165) is 29.2 Å². The number of benzene rings is 1. The second-order valence-electron chi connectivity index (χ2n) is 6.77. The maximum atomic E-state index is 6.15. The summed E-state index contributed by atoms with van der Waals surface area (Å²) < 4.78 is 1.91. The van der Waals surface area contributed by atoms with Crippen LogP contribution in [0.5, 0.6) is 0 Å². The Morgan fingerprint density at radius 3 is 2.60 bits per heavy atom. The molecule has 0 bridgehead atoms. The van der Waals surface area contributed by atoms with Gasteiger partial charge in [0.1, 0.15) is 18.0 Å². The number of fused-ring (bicyclic) bond motifs is 1. The lowest BCUT2D eigenvalue weighted by molar-refractivity contribution is 0.344. The van der Waals surface area contributed by atoms with Crippen molar-refractivity contribution in [1.29, 1.82) is 0 Å². The SMILES string of the molecule is CC(C)[C@@H](CN(C)C)Nc1cc(-n2cnc3cc(Cl)c(Cl)cc32)[nH]n1. The van der Waals surface area contributed by atoms with Gasteiger partial charge < -0.3 is 10.2 Å². The number of aromatic nitrogens is 4. The highest BCUT2D eigenvalue weighted by Gasteiger charge is 2.16. The van der Waals surface area contributed by atoms with Crippen LogP contribution in [0.2, 0.25) is 10.0 Å². The third-order valence-electron chi connectivity index (χ3n) is 4.11. The summed E-state index contributed by atoms with van der Waals surface area (Å²) >= 11 is 12.2. The summed E-state index contributed by atoms with van der Waals surface area (Å²) in [4.78, 5) is 6.55. The Labute approximate surface area is 157 Å². The molecule has 0 unspecified atom stereocenters. The zero-order valence-electron chi connectivity index (χ0n) is 14.7. The van der Waals surface area contributed by atoms with Gasteiger partial charge in [-0.05, 0) is 32.1 Å². The number of halogens is 2. The first-order chi connectivity index (χ1) is 11.8. The topological polar surface area (TPSA) is 61.8 Å². The van der Waals surface area contributed by atoms with E-state index in [9.17, 15) is 0 Å². The van der Waals surface area contributed by atoms with E-state index >= 15 is 0 Å². The number of anilines is 1. The monoisotopic (exact) mass is 380 g/mol. The number of nitrogens with zero attached hydrogens (tertiary/aromatic N) is 4. The van der Waals surface area contributed by atoms with Crippen LogP contribution in [0.15, 0.2) is 24.5 Å². The molecule has 3 rings (SSSR count). The fraction of sp³-hybridized carbons (Fsp3) is 0.412. The van der Waals surface area contributed by atoms with Crippen molar-refractivity contribution in [2.75, 3.05) is 26.0 Å². The molecule has 0 amide bonds. The van der Waals surface area contributed by atoms with Gasteiger partial charge in [-0.1, -0.05) is 37.0 Å². The zero-order chi connectivity index (χ0) is 18.1. The fourth-order valence-electron chi connectivity index (χ4n) is 2.71. The molecular formula is C17H22Cl2N6. The lowest BCUT2D eigenvalue weighted by Gasteiger charge is -2.25. The van der Waals surface area contributed by atoms with Crippen molar-refractivity contribution in [1.82, 2.24) is 24.6 Å². The molecular weight excluding hydrogens is 359 g/mol. The van der Waals surface area contributed by atoms with Crippen LogP contribution in [0.4, 0.5) is 5.82 Å². The van der Waals surface area contributed by atoms with Crippen LogP contribution in [-0.4, -0.2) is 51.3 Å². The van der Waals surface area contributed by atoms with Gasteiger partial charge >= 0.3 is 0 Å². The molecule has 0 aliphatic rings. The summed E-state index contributed by atoms with van der Waals surface area (Å²) in [5, 5.41) is 11.9. The molecule has 0 aliphatic carbocycles. The first-order valence-corrected chi connectivity index (χ1v) is 8.90. The Balaban J connectivity index is 1.87. The average molecular weight is 381 g/mol. The molecule has 0 fully saturated rings. The van der Waals surface area contributed by atoms with Crippen molar-refractivity contribution in [3.8, 4) is 5.82 Å². The maximum Gasteiger partial charge on any atom is 0.150 e. The quantitative estimate of drug-likeness (QED) is 0.676. The van der Waals surface area contributed by atoms with Crippen LogP contribution in [0, 0.1) is 5.92 Å². The molecule has 1 aromatic carbocycles. The van der Waals surface area contributed by atoms with E-state index in [0.29, 0.717) is 22.0 Å². The van der Waals surface area contributed by atoms with E-state index in [1.807, 2.05) is 16.7 Å². The molecule has 134 valence electrons. The highest BCUT2D eigenvalue weighted by molar-refractivity contribution is 6.42. The van der Waals surface area contributed by atoms with Crippen molar-refractivity contribution in [3.05, 3.63) is 34.6 Å². The van der Waals surface area contributed by atoms with Gasteiger partial charge in [0.05, 0.1) is 21.1 Å². The Kier molecular flexibility index (Phi) is 5.22. The molecule has 0 spiro atoms. The number of rotatable bonds is 6. The Hall–Kier alpha value is -1.76. The third kappa shape index (κ3) is 3.92. The van der Waals surface area contributed by atoms with Crippen molar-refractivity contribution in [3.63, 3.8) is 0 Å². The van der Waals surface area contributed by atoms with Gasteiger partial charge in [0, 0.05) is 18.7 Å². The van der Waals surface area contributed by atoms with E-state index < -0.39 is 0 Å². The van der Waals surface area contributed by atoms with Crippen LogP contribution in [0.25, 0.3) is 16.9 Å². The Morgan fingerprint density at radius 2 is 1.92 bits per heavy atom. The molecule has 0 saturated carbocycles. The van der Waals surface area contributed by atoms with Gasteiger partial charge in [0.15, 0.2) is 0 Å². The van der Waals surface area contributed by atoms with Crippen molar-refractivity contribution in [2.24, 2.45) is 5.92 Å². The molecule has 0 aliphatic heterocycles. The summed E-state index contributed by atoms with van der Waals surface area (Å²) in [6.45, 7) is 5.33. The zero-order valence-corrected chi connectivity index (χ0v) is 16.2. The Bertz CT molecular complexity index is 867. The number of likely N-dealkylation sites (N-methyl/N-ethyl adjacent to an activating group) is 1. The summed E-state index contributed by atoms with van der Waals surface area (Å²) in [6, 6.07) is 5.84. The van der Waals surface area contributed by atoms with Gasteiger partial charge in [-0.2, -0.15) is 5.10 Å². The molecule has 3 aromatic rings. The smallest absolute Gasteiger partial charge is 0.150 e. The predicted octanol–water partition coefficient (Wildman–Crippen LogP) is 4.05. The summed E-state index contributed by atoms with van der Waals surface area (Å²) in [5.74, 6) is 2.10. The predicted molar refractivity (Wildman–Crippen MR) is 104 cm³/mol. The van der Waals surface area contributed by atoms with Crippen LogP contribution in [-0.2, 0) is 0 Å². The molecule has 0 radical (unpaired) electrons. The van der Waals surface area contributed by atoms with Crippen molar-refractivity contribution in [2.45, 2.75) is 19.9 Å². The van der Waals surface area contributed by atoms with E-state index in [4.69, 9.17) is 23.2 Å². The van der Waals surface area contributed by atoms with Crippen molar-refractivity contribution < 1.29 is 0 Å². The number of nitrogens with one attached hydrogen (secondary N) is 2. The second kappa shape index (κ2) is 7.23. The fourth-order valence-corrected chi connectivity index (χ4v) is 3.03. The minimum atomic E-state index is 0.305. The largest absolute Gasteiger partial charge is 0.364 e.